The van der Waals surface area contributed by atoms with Gasteiger partial charge in [0.25, 0.3) is 0 Å². The van der Waals surface area contributed by atoms with Crippen molar-refractivity contribution in [1.29, 1.82) is 0 Å². The largest absolute Gasteiger partial charge is 0.495 e. The number of hydrogen-bond donors (Lipinski definition) is 0. The standard InChI is InChI=1S/C11H8ClO/c1-13-10-7-6-8-4-2-3-5-9(8)11(10)12/h3-7H,1H3. The van der Waals surface area contributed by atoms with E-state index in [4.69, 9.17) is 16.3 Å². The second-order valence-corrected chi connectivity index (χ2v) is 3.11. The molecule has 0 aliphatic rings. The van der Waals surface area contributed by atoms with Crippen LogP contribution in [0.15, 0.2) is 30.3 Å². The Kier molecular flexibility index (Phi) is 2.11. The first kappa shape index (κ1) is 8.39. The molecule has 0 N–H and O–H groups in total. The van der Waals surface area contributed by atoms with E-state index in [1.54, 1.807) is 7.11 Å². The summed E-state index contributed by atoms with van der Waals surface area (Å²) in [6, 6.07) is 12.5. The topological polar surface area (TPSA) is 9.23 Å². The summed E-state index contributed by atoms with van der Waals surface area (Å²) >= 11 is 6.10. The Labute approximate surface area is 81.9 Å². The summed E-state index contributed by atoms with van der Waals surface area (Å²) in [6.07, 6.45) is 0. The predicted molar refractivity (Wildman–Crippen MR) is 54.3 cm³/mol. The fourth-order valence-electron chi connectivity index (χ4n) is 1.31. The number of halogens is 1. The molecule has 0 amide bonds. The van der Waals surface area contributed by atoms with Crippen LogP contribution in [0.3, 0.4) is 0 Å². The van der Waals surface area contributed by atoms with Crippen LogP contribution in [0.4, 0.5) is 0 Å². The van der Waals surface area contributed by atoms with E-state index in [9.17, 15) is 0 Å². The van der Waals surface area contributed by atoms with E-state index in [2.05, 4.69) is 6.07 Å². The number of hydrogen-bond acceptors (Lipinski definition) is 1. The van der Waals surface area contributed by atoms with Gasteiger partial charge in [-0.2, -0.15) is 0 Å². The zero-order chi connectivity index (χ0) is 9.26. The molecule has 1 nitrogen and oxygen atoms in total. The van der Waals surface area contributed by atoms with Crippen LogP contribution >= 0.6 is 11.6 Å². The van der Waals surface area contributed by atoms with Crippen molar-refractivity contribution in [1.82, 2.24) is 0 Å². The highest BCUT2D eigenvalue weighted by Gasteiger charge is 2.03. The lowest BCUT2D eigenvalue weighted by Crippen LogP contribution is -1.84. The quantitative estimate of drug-likeness (QED) is 0.672. The molecule has 13 heavy (non-hydrogen) atoms. The van der Waals surface area contributed by atoms with Gasteiger partial charge in [0, 0.05) is 5.39 Å². The highest BCUT2D eigenvalue weighted by atomic mass is 35.5. The summed E-state index contributed by atoms with van der Waals surface area (Å²) in [6.45, 7) is 0. The molecule has 0 saturated carbocycles. The van der Waals surface area contributed by atoms with Gasteiger partial charge in [0.1, 0.15) is 5.75 Å². The van der Waals surface area contributed by atoms with Crippen LogP contribution in [0.25, 0.3) is 10.8 Å². The maximum absolute atomic E-state index is 6.10. The van der Waals surface area contributed by atoms with Crippen molar-refractivity contribution in [2.75, 3.05) is 7.11 Å². The Hall–Kier alpha value is -1.21. The fraction of sp³-hybridized carbons (Fsp3) is 0.0909. The molecular formula is C11H8ClO. The Morgan fingerprint density at radius 2 is 2.15 bits per heavy atom. The van der Waals surface area contributed by atoms with Crippen molar-refractivity contribution < 1.29 is 4.74 Å². The number of rotatable bonds is 1. The van der Waals surface area contributed by atoms with Gasteiger partial charge < -0.3 is 4.74 Å². The van der Waals surface area contributed by atoms with Crippen molar-refractivity contribution in [3.63, 3.8) is 0 Å². The summed E-state index contributed by atoms with van der Waals surface area (Å²) < 4.78 is 5.11. The second kappa shape index (κ2) is 3.27. The zero-order valence-corrected chi connectivity index (χ0v) is 7.93. The average Bonchev–Trinajstić information content (AvgIpc) is 2.19. The lowest BCUT2D eigenvalue weighted by molar-refractivity contribution is 0.415. The van der Waals surface area contributed by atoms with Gasteiger partial charge in [0.2, 0.25) is 0 Å². The number of benzene rings is 2. The van der Waals surface area contributed by atoms with Gasteiger partial charge in [0.15, 0.2) is 0 Å². The lowest BCUT2D eigenvalue weighted by Gasteiger charge is -2.05. The van der Waals surface area contributed by atoms with Crippen molar-refractivity contribution in [3.05, 3.63) is 41.4 Å². The van der Waals surface area contributed by atoms with E-state index in [0.29, 0.717) is 10.8 Å². The van der Waals surface area contributed by atoms with Crippen LogP contribution in [0.1, 0.15) is 0 Å². The summed E-state index contributed by atoms with van der Waals surface area (Å²) in [5, 5.41) is 2.74. The molecule has 0 unspecified atom stereocenters. The van der Waals surface area contributed by atoms with Crippen molar-refractivity contribution >= 4 is 22.4 Å². The predicted octanol–water partition coefficient (Wildman–Crippen LogP) is 3.30. The van der Waals surface area contributed by atoms with Crippen LogP contribution in [0, 0.1) is 6.07 Å². The number of methoxy groups -OCH3 is 1. The third-order valence-corrected chi connectivity index (χ3v) is 2.37. The first-order valence-corrected chi connectivity index (χ1v) is 4.33. The number of fused-ring (bicyclic) bond motifs is 1. The Morgan fingerprint density at radius 3 is 2.92 bits per heavy atom. The Morgan fingerprint density at radius 1 is 1.31 bits per heavy atom. The van der Waals surface area contributed by atoms with Crippen LogP contribution in [0.2, 0.25) is 5.02 Å². The van der Waals surface area contributed by atoms with E-state index < -0.39 is 0 Å². The van der Waals surface area contributed by atoms with Gasteiger partial charge in [0.05, 0.1) is 12.1 Å². The molecule has 0 aliphatic heterocycles. The molecule has 0 saturated heterocycles. The minimum Gasteiger partial charge on any atom is -0.495 e. The highest BCUT2D eigenvalue weighted by Crippen LogP contribution is 2.31. The smallest absolute Gasteiger partial charge is 0.138 e. The molecule has 0 fully saturated rings. The third-order valence-electron chi connectivity index (χ3n) is 1.98. The Bertz CT molecular complexity index is 437. The van der Waals surface area contributed by atoms with E-state index in [0.717, 1.165) is 10.8 Å². The van der Waals surface area contributed by atoms with Crippen molar-refractivity contribution in [2.45, 2.75) is 0 Å². The van der Waals surface area contributed by atoms with Gasteiger partial charge in [-0.1, -0.05) is 29.8 Å². The van der Waals surface area contributed by atoms with Crippen LogP contribution in [-0.2, 0) is 0 Å². The van der Waals surface area contributed by atoms with Crippen molar-refractivity contribution in [2.24, 2.45) is 0 Å². The zero-order valence-electron chi connectivity index (χ0n) is 7.17. The van der Waals surface area contributed by atoms with E-state index in [1.807, 2.05) is 30.3 Å². The molecule has 2 aromatic carbocycles. The molecule has 0 heterocycles. The molecule has 0 aromatic heterocycles. The maximum atomic E-state index is 6.10. The molecule has 2 heteroatoms. The van der Waals surface area contributed by atoms with E-state index in [-0.39, 0.29) is 0 Å². The average molecular weight is 192 g/mol. The lowest BCUT2D eigenvalue weighted by atomic mass is 10.1. The van der Waals surface area contributed by atoms with Crippen LogP contribution in [-0.4, -0.2) is 7.11 Å². The Balaban J connectivity index is 2.79. The molecule has 0 spiro atoms. The molecule has 0 aliphatic carbocycles. The molecule has 2 rings (SSSR count). The van der Waals surface area contributed by atoms with Gasteiger partial charge >= 0.3 is 0 Å². The first-order chi connectivity index (χ1) is 6.33. The summed E-state index contributed by atoms with van der Waals surface area (Å²) in [5.41, 5.74) is 0. The summed E-state index contributed by atoms with van der Waals surface area (Å²) in [7, 11) is 1.61. The second-order valence-electron chi connectivity index (χ2n) is 2.73. The molecule has 0 bridgehead atoms. The summed E-state index contributed by atoms with van der Waals surface area (Å²) in [4.78, 5) is 0. The normalized spacial score (nSPS) is 10.3. The van der Waals surface area contributed by atoms with Crippen LogP contribution < -0.4 is 4.74 Å². The fourth-order valence-corrected chi connectivity index (χ4v) is 1.62. The van der Waals surface area contributed by atoms with Crippen molar-refractivity contribution in [3.8, 4) is 5.75 Å². The SMILES string of the molecule is COc1ccc2c[c]ccc2c1Cl. The third kappa shape index (κ3) is 1.36. The summed E-state index contributed by atoms with van der Waals surface area (Å²) in [5.74, 6) is 0.709. The maximum Gasteiger partial charge on any atom is 0.138 e. The van der Waals surface area contributed by atoms with Crippen LogP contribution in [0.5, 0.6) is 5.75 Å². The molecule has 2 aromatic rings. The number of ether oxygens (including phenoxy) is 1. The monoisotopic (exact) mass is 191 g/mol. The minimum absolute atomic E-state index is 0.661. The highest BCUT2D eigenvalue weighted by molar-refractivity contribution is 6.37. The van der Waals surface area contributed by atoms with Gasteiger partial charge in [-0.25, -0.2) is 0 Å². The molecule has 0 atom stereocenters. The minimum atomic E-state index is 0.661. The molecule has 1 radical (unpaired) electrons. The van der Waals surface area contributed by atoms with Gasteiger partial charge in [-0.15, -0.1) is 0 Å². The van der Waals surface area contributed by atoms with Gasteiger partial charge in [-0.05, 0) is 23.6 Å². The molecular weight excluding hydrogens is 184 g/mol. The van der Waals surface area contributed by atoms with E-state index in [1.165, 1.54) is 0 Å². The molecule has 65 valence electrons. The van der Waals surface area contributed by atoms with E-state index >= 15 is 0 Å². The first-order valence-electron chi connectivity index (χ1n) is 3.95. The van der Waals surface area contributed by atoms with Gasteiger partial charge in [-0.3, -0.25) is 0 Å².